The largest absolute Gasteiger partial charge is 0.481 e. The van der Waals surface area contributed by atoms with Gasteiger partial charge in [0.15, 0.2) is 0 Å². The van der Waals surface area contributed by atoms with E-state index >= 15 is 0 Å². The van der Waals surface area contributed by atoms with E-state index in [-0.39, 0.29) is 6.04 Å². The molecule has 19 heavy (non-hydrogen) atoms. The molecule has 1 atom stereocenters. The predicted octanol–water partition coefficient (Wildman–Crippen LogP) is 2.60. The van der Waals surface area contributed by atoms with Crippen LogP contribution in [0.1, 0.15) is 17.2 Å². The maximum atomic E-state index is 5.68. The molecule has 2 rings (SSSR count). The molecule has 3 N–H and O–H groups in total. The molecule has 0 aliphatic rings. The van der Waals surface area contributed by atoms with E-state index in [2.05, 4.69) is 32.4 Å². The van der Waals surface area contributed by atoms with E-state index in [1.54, 1.807) is 13.3 Å². The molecule has 0 saturated heterocycles. The van der Waals surface area contributed by atoms with E-state index in [0.29, 0.717) is 5.88 Å². The molecule has 0 aliphatic carbocycles. The molecule has 1 aromatic heterocycles. The van der Waals surface area contributed by atoms with Crippen LogP contribution >= 0.6 is 15.9 Å². The Morgan fingerprint density at radius 1 is 1.32 bits per heavy atom. The van der Waals surface area contributed by atoms with Crippen molar-refractivity contribution in [3.63, 3.8) is 0 Å². The van der Waals surface area contributed by atoms with E-state index in [1.807, 2.05) is 30.3 Å². The zero-order valence-electron chi connectivity index (χ0n) is 10.6. The van der Waals surface area contributed by atoms with Crippen LogP contribution in [0.4, 0.5) is 0 Å². The number of nitrogens with one attached hydrogen (secondary N) is 1. The van der Waals surface area contributed by atoms with Crippen molar-refractivity contribution in [2.75, 3.05) is 7.11 Å². The first-order valence-corrected chi connectivity index (χ1v) is 6.74. The van der Waals surface area contributed by atoms with Crippen LogP contribution < -0.4 is 16.0 Å². The van der Waals surface area contributed by atoms with Gasteiger partial charge in [0.25, 0.3) is 0 Å². The Balaban J connectivity index is 2.28. The second-order valence-electron chi connectivity index (χ2n) is 4.12. The smallest absolute Gasteiger partial charge is 0.217 e. The topological polar surface area (TPSA) is 60.2 Å². The number of halogens is 1. The van der Waals surface area contributed by atoms with Crippen molar-refractivity contribution in [3.05, 3.63) is 58.2 Å². The fourth-order valence-electron chi connectivity index (χ4n) is 1.98. The van der Waals surface area contributed by atoms with E-state index < -0.39 is 0 Å². The Kier molecular flexibility index (Phi) is 4.90. The lowest BCUT2D eigenvalue weighted by Gasteiger charge is -2.18. The molecule has 0 bridgehead atoms. The fourth-order valence-corrected chi connectivity index (χ4v) is 2.43. The normalized spacial score (nSPS) is 12.2. The lowest BCUT2D eigenvalue weighted by Crippen LogP contribution is -2.30. The van der Waals surface area contributed by atoms with Gasteiger partial charge in [0.05, 0.1) is 13.2 Å². The molecule has 0 amide bonds. The van der Waals surface area contributed by atoms with Crippen molar-refractivity contribution in [2.45, 2.75) is 12.5 Å². The van der Waals surface area contributed by atoms with Gasteiger partial charge in [0.1, 0.15) is 0 Å². The van der Waals surface area contributed by atoms with Crippen molar-refractivity contribution in [1.82, 2.24) is 10.4 Å². The molecule has 4 nitrogen and oxygen atoms in total. The number of rotatable bonds is 5. The number of hydrogen-bond donors (Lipinski definition) is 2. The van der Waals surface area contributed by atoms with Gasteiger partial charge in [-0.15, -0.1) is 0 Å². The van der Waals surface area contributed by atoms with Crippen molar-refractivity contribution in [2.24, 2.45) is 5.84 Å². The average molecular weight is 322 g/mol. The summed E-state index contributed by atoms with van der Waals surface area (Å²) in [6.45, 7) is 0. The molecular formula is C14H16BrN3O. The van der Waals surface area contributed by atoms with Crippen LogP contribution in [0, 0.1) is 0 Å². The summed E-state index contributed by atoms with van der Waals surface area (Å²) in [5.41, 5.74) is 4.95. The minimum atomic E-state index is -0.0534. The van der Waals surface area contributed by atoms with E-state index in [9.17, 15) is 0 Å². The summed E-state index contributed by atoms with van der Waals surface area (Å²) in [6, 6.07) is 11.9. The summed E-state index contributed by atoms with van der Waals surface area (Å²) >= 11 is 3.55. The van der Waals surface area contributed by atoms with Crippen LogP contribution in [0.2, 0.25) is 0 Å². The highest BCUT2D eigenvalue weighted by Gasteiger charge is 2.16. The Hall–Kier alpha value is -1.43. The first kappa shape index (κ1) is 14.0. The van der Waals surface area contributed by atoms with Crippen LogP contribution in [0.3, 0.4) is 0 Å². The highest BCUT2D eigenvalue weighted by atomic mass is 79.9. The summed E-state index contributed by atoms with van der Waals surface area (Å²) in [6.07, 6.45) is 2.45. The van der Waals surface area contributed by atoms with E-state index in [4.69, 9.17) is 10.6 Å². The van der Waals surface area contributed by atoms with Gasteiger partial charge in [-0.25, -0.2) is 4.98 Å². The minimum absolute atomic E-state index is 0.0534. The lowest BCUT2D eigenvalue weighted by molar-refractivity contribution is 0.382. The van der Waals surface area contributed by atoms with Gasteiger partial charge in [0, 0.05) is 16.2 Å². The highest BCUT2D eigenvalue weighted by Crippen LogP contribution is 2.27. The Morgan fingerprint density at radius 3 is 2.79 bits per heavy atom. The summed E-state index contributed by atoms with van der Waals surface area (Å²) in [5, 5.41) is 0. The summed E-state index contributed by atoms with van der Waals surface area (Å²) in [4.78, 5) is 4.20. The molecule has 1 heterocycles. The zero-order chi connectivity index (χ0) is 13.7. The minimum Gasteiger partial charge on any atom is -0.481 e. The molecule has 0 fully saturated rings. The molecule has 2 aromatic rings. The summed E-state index contributed by atoms with van der Waals surface area (Å²) in [7, 11) is 1.61. The highest BCUT2D eigenvalue weighted by molar-refractivity contribution is 9.10. The van der Waals surface area contributed by atoms with Crippen LogP contribution in [-0.2, 0) is 6.42 Å². The number of benzene rings is 1. The van der Waals surface area contributed by atoms with Crippen LogP contribution in [0.15, 0.2) is 47.1 Å². The first-order valence-electron chi connectivity index (χ1n) is 5.94. The van der Waals surface area contributed by atoms with Gasteiger partial charge in [-0.2, -0.15) is 0 Å². The number of nitrogens with two attached hydrogens (primary N) is 1. The molecule has 1 aromatic carbocycles. The Morgan fingerprint density at radius 2 is 2.11 bits per heavy atom. The molecule has 100 valence electrons. The second kappa shape index (κ2) is 6.65. The van der Waals surface area contributed by atoms with Gasteiger partial charge in [-0.3, -0.25) is 11.3 Å². The van der Waals surface area contributed by atoms with Crippen molar-refractivity contribution < 1.29 is 4.74 Å². The first-order chi connectivity index (χ1) is 9.26. The van der Waals surface area contributed by atoms with Crippen LogP contribution in [0.5, 0.6) is 5.88 Å². The van der Waals surface area contributed by atoms with Crippen LogP contribution in [0.25, 0.3) is 0 Å². The summed E-state index contributed by atoms with van der Waals surface area (Å²) in [5.74, 6) is 6.27. The van der Waals surface area contributed by atoms with E-state index in [1.165, 1.54) is 5.56 Å². The van der Waals surface area contributed by atoms with Gasteiger partial charge >= 0.3 is 0 Å². The Labute approximate surface area is 121 Å². The monoisotopic (exact) mass is 321 g/mol. The quantitative estimate of drug-likeness (QED) is 0.656. The van der Waals surface area contributed by atoms with Crippen LogP contribution in [-0.4, -0.2) is 12.1 Å². The fraction of sp³-hybridized carbons (Fsp3) is 0.214. The molecule has 0 spiro atoms. The average Bonchev–Trinajstić information content (AvgIpc) is 2.46. The van der Waals surface area contributed by atoms with E-state index in [0.717, 1.165) is 16.5 Å². The summed E-state index contributed by atoms with van der Waals surface area (Å²) < 4.78 is 6.35. The van der Waals surface area contributed by atoms with Crippen molar-refractivity contribution >= 4 is 15.9 Å². The SMILES string of the molecule is COc1ncccc1C(Cc1ccccc1Br)NN. The number of hydrogen-bond acceptors (Lipinski definition) is 4. The number of aromatic nitrogens is 1. The molecule has 0 saturated carbocycles. The number of nitrogens with zero attached hydrogens (tertiary/aromatic N) is 1. The van der Waals surface area contributed by atoms with Crippen molar-refractivity contribution in [1.29, 1.82) is 0 Å². The van der Waals surface area contributed by atoms with Gasteiger partial charge < -0.3 is 4.74 Å². The van der Waals surface area contributed by atoms with Gasteiger partial charge in [-0.05, 0) is 24.1 Å². The lowest BCUT2D eigenvalue weighted by atomic mass is 10.0. The maximum Gasteiger partial charge on any atom is 0.217 e. The molecule has 1 unspecified atom stereocenters. The number of methoxy groups -OCH3 is 1. The third-order valence-corrected chi connectivity index (χ3v) is 3.73. The number of hydrazine groups is 1. The molecule has 5 heteroatoms. The zero-order valence-corrected chi connectivity index (χ0v) is 12.2. The maximum absolute atomic E-state index is 5.68. The standard InChI is InChI=1S/C14H16BrN3O/c1-19-14-11(6-4-8-17-14)13(18-16)9-10-5-2-3-7-12(10)15/h2-8,13,18H,9,16H2,1H3. The van der Waals surface area contributed by atoms with Crippen molar-refractivity contribution in [3.8, 4) is 5.88 Å². The third kappa shape index (κ3) is 3.32. The van der Waals surface area contributed by atoms with Gasteiger partial charge in [0.2, 0.25) is 5.88 Å². The third-order valence-electron chi connectivity index (χ3n) is 2.95. The predicted molar refractivity (Wildman–Crippen MR) is 78.7 cm³/mol. The second-order valence-corrected chi connectivity index (χ2v) is 4.97. The molecule has 0 aliphatic heterocycles. The molecule has 0 radical (unpaired) electrons. The Bertz CT molecular complexity index is 548. The number of pyridine rings is 1. The molecular weight excluding hydrogens is 306 g/mol. The van der Waals surface area contributed by atoms with Gasteiger partial charge in [-0.1, -0.05) is 40.2 Å². The number of ether oxygens (including phenoxy) is 1.